The lowest BCUT2D eigenvalue weighted by Gasteiger charge is -2.50. The Balaban J connectivity index is 1.74. The van der Waals surface area contributed by atoms with Crippen LogP contribution < -0.4 is 0 Å². The predicted octanol–water partition coefficient (Wildman–Crippen LogP) is 3.98. The molecule has 2 N–H and O–H groups in total. The number of phenolic OH excluding ortho intramolecular Hbond substituents is 1. The molecule has 2 heteroatoms. The van der Waals surface area contributed by atoms with Gasteiger partial charge in [-0.05, 0) is 91.9 Å². The summed E-state index contributed by atoms with van der Waals surface area (Å²) in [5.74, 6) is 8.20. The van der Waals surface area contributed by atoms with Crippen LogP contribution in [0, 0.1) is 29.1 Å². The molecule has 2 fully saturated rings. The standard InChI is InChI=1S/C21H26O2/c1-3-4-14-11-17-13(12-19(14)22)5-6-16-15(17)9-10-21(2)18(16)7-8-20(21)23/h11-12,15-16,18,20,22-23H,5-10H2,1-2H3/t15?,16?,18?,20-,21-/m0/s1. The average molecular weight is 310 g/mol. The van der Waals surface area contributed by atoms with E-state index in [2.05, 4.69) is 24.8 Å². The van der Waals surface area contributed by atoms with Crippen LogP contribution in [0.3, 0.4) is 0 Å². The number of aliphatic hydroxyl groups is 1. The van der Waals surface area contributed by atoms with E-state index < -0.39 is 0 Å². The number of aryl methyl sites for hydroxylation is 1. The number of fused-ring (bicyclic) bond motifs is 5. The van der Waals surface area contributed by atoms with Crippen molar-refractivity contribution in [2.24, 2.45) is 17.3 Å². The monoisotopic (exact) mass is 310 g/mol. The largest absolute Gasteiger partial charge is 0.507 e. The number of benzene rings is 1. The zero-order chi connectivity index (χ0) is 16.2. The number of aromatic hydroxyl groups is 1. The van der Waals surface area contributed by atoms with Crippen LogP contribution in [0.25, 0.3) is 0 Å². The molecule has 0 spiro atoms. The van der Waals surface area contributed by atoms with Gasteiger partial charge in [0.2, 0.25) is 0 Å². The molecule has 3 aliphatic carbocycles. The summed E-state index contributed by atoms with van der Waals surface area (Å²) in [6, 6.07) is 4.09. The molecule has 122 valence electrons. The van der Waals surface area contributed by atoms with Gasteiger partial charge in [-0.25, -0.2) is 0 Å². The van der Waals surface area contributed by atoms with Crippen LogP contribution in [-0.4, -0.2) is 16.3 Å². The summed E-state index contributed by atoms with van der Waals surface area (Å²) < 4.78 is 0. The van der Waals surface area contributed by atoms with Crippen molar-refractivity contribution in [2.45, 2.75) is 64.4 Å². The fraction of sp³-hybridized carbons (Fsp3) is 0.619. The van der Waals surface area contributed by atoms with Gasteiger partial charge in [0, 0.05) is 0 Å². The van der Waals surface area contributed by atoms with Gasteiger partial charge in [0.05, 0.1) is 11.7 Å². The molecule has 4 rings (SSSR count). The SMILES string of the molecule is CC#Cc1cc2c(cc1O)CCC1C2CC[C@@]2(C)C1CC[C@@H]2O. The fourth-order valence-electron chi connectivity index (χ4n) is 5.82. The summed E-state index contributed by atoms with van der Waals surface area (Å²) in [6.45, 7) is 4.12. The molecule has 0 amide bonds. The van der Waals surface area contributed by atoms with Gasteiger partial charge in [0.15, 0.2) is 0 Å². The van der Waals surface area contributed by atoms with Crippen LogP contribution in [0.4, 0.5) is 0 Å². The minimum absolute atomic E-state index is 0.115. The first-order chi connectivity index (χ1) is 11.0. The molecule has 1 aromatic carbocycles. The molecule has 23 heavy (non-hydrogen) atoms. The first kappa shape index (κ1) is 15.1. The Kier molecular flexibility index (Phi) is 3.46. The molecule has 0 aliphatic heterocycles. The quantitative estimate of drug-likeness (QED) is 0.712. The van der Waals surface area contributed by atoms with Crippen molar-refractivity contribution in [1.82, 2.24) is 0 Å². The summed E-state index contributed by atoms with van der Waals surface area (Å²) in [5.41, 5.74) is 3.63. The van der Waals surface area contributed by atoms with Crippen LogP contribution in [-0.2, 0) is 6.42 Å². The highest BCUT2D eigenvalue weighted by molar-refractivity contribution is 5.52. The summed E-state index contributed by atoms with van der Waals surface area (Å²) in [6.07, 6.45) is 6.56. The van der Waals surface area contributed by atoms with Crippen molar-refractivity contribution in [3.05, 3.63) is 28.8 Å². The second-order valence-electron chi connectivity index (χ2n) is 8.00. The number of phenols is 1. The third kappa shape index (κ3) is 2.13. The highest BCUT2D eigenvalue weighted by atomic mass is 16.3. The number of aliphatic hydroxyl groups excluding tert-OH is 1. The topological polar surface area (TPSA) is 40.5 Å². The van der Waals surface area contributed by atoms with E-state index in [0.29, 0.717) is 23.5 Å². The Bertz CT molecular complexity index is 696. The molecule has 2 saturated carbocycles. The molecular formula is C21H26O2. The Labute approximate surface area is 138 Å². The molecule has 3 aliphatic rings. The highest BCUT2D eigenvalue weighted by Crippen LogP contribution is 2.61. The van der Waals surface area contributed by atoms with Crippen molar-refractivity contribution >= 4 is 0 Å². The highest BCUT2D eigenvalue weighted by Gasteiger charge is 2.54. The normalized spacial score (nSPS) is 38.0. The summed E-state index contributed by atoms with van der Waals surface area (Å²) in [7, 11) is 0. The molecule has 0 bridgehead atoms. The van der Waals surface area contributed by atoms with Crippen LogP contribution in [0.15, 0.2) is 12.1 Å². The van der Waals surface area contributed by atoms with Crippen molar-refractivity contribution in [3.8, 4) is 17.6 Å². The molecule has 1 aromatic rings. The van der Waals surface area contributed by atoms with Crippen molar-refractivity contribution in [1.29, 1.82) is 0 Å². The Morgan fingerprint density at radius 3 is 2.78 bits per heavy atom. The van der Waals surface area contributed by atoms with E-state index in [0.717, 1.165) is 31.2 Å². The van der Waals surface area contributed by atoms with Gasteiger partial charge in [-0.2, -0.15) is 0 Å². The summed E-state index contributed by atoms with van der Waals surface area (Å²) >= 11 is 0. The predicted molar refractivity (Wildman–Crippen MR) is 91.3 cm³/mol. The first-order valence-electron chi connectivity index (χ1n) is 9.01. The van der Waals surface area contributed by atoms with E-state index in [1.807, 2.05) is 13.0 Å². The van der Waals surface area contributed by atoms with Gasteiger partial charge in [-0.3, -0.25) is 0 Å². The van der Waals surface area contributed by atoms with E-state index in [1.165, 1.54) is 24.0 Å². The zero-order valence-electron chi connectivity index (χ0n) is 14.1. The third-order valence-corrected chi connectivity index (χ3v) is 7.05. The molecule has 0 heterocycles. The molecule has 0 saturated heterocycles. The fourth-order valence-corrected chi connectivity index (χ4v) is 5.82. The van der Waals surface area contributed by atoms with Crippen molar-refractivity contribution in [3.63, 3.8) is 0 Å². The smallest absolute Gasteiger partial charge is 0.131 e. The maximum Gasteiger partial charge on any atom is 0.131 e. The van der Waals surface area contributed by atoms with E-state index in [-0.39, 0.29) is 11.5 Å². The van der Waals surface area contributed by atoms with Crippen molar-refractivity contribution < 1.29 is 10.2 Å². The first-order valence-corrected chi connectivity index (χ1v) is 9.01. The number of hydrogen-bond acceptors (Lipinski definition) is 2. The summed E-state index contributed by atoms with van der Waals surface area (Å²) in [4.78, 5) is 0. The lowest BCUT2D eigenvalue weighted by molar-refractivity contribution is -0.0226. The van der Waals surface area contributed by atoms with E-state index in [4.69, 9.17) is 0 Å². The molecule has 2 nitrogen and oxygen atoms in total. The Morgan fingerprint density at radius 1 is 1.17 bits per heavy atom. The maximum absolute atomic E-state index is 10.5. The van der Waals surface area contributed by atoms with Crippen LogP contribution in [0.1, 0.15) is 68.6 Å². The number of hydrogen-bond donors (Lipinski definition) is 2. The van der Waals surface area contributed by atoms with Gasteiger partial charge in [-0.1, -0.05) is 12.8 Å². The Morgan fingerprint density at radius 2 is 2.00 bits per heavy atom. The van der Waals surface area contributed by atoms with Gasteiger partial charge < -0.3 is 10.2 Å². The van der Waals surface area contributed by atoms with E-state index in [9.17, 15) is 10.2 Å². The molecule has 3 unspecified atom stereocenters. The maximum atomic E-state index is 10.5. The van der Waals surface area contributed by atoms with Crippen molar-refractivity contribution in [2.75, 3.05) is 0 Å². The molecule has 0 aromatic heterocycles. The lowest BCUT2D eigenvalue weighted by Crippen LogP contribution is -2.43. The molecule has 0 radical (unpaired) electrons. The van der Waals surface area contributed by atoms with Crippen LogP contribution in [0.5, 0.6) is 5.75 Å². The van der Waals surface area contributed by atoms with Gasteiger partial charge in [0.25, 0.3) is 0 Å². The lowest BCUT2D eigenvalue weighted by atomic mass is 9.55. The van der Waals surface area contributed by atoms with Crippen LogP contribution in [0.2, 0.25) is 0 Å². The Hall–Kier alpha value is -1.46. The van der Waals surface area contributed by atoms with E-state index in [1.54, 1.807) is 0 Å². The van der Waals surface area contributed by atoms with Gasteiger partial charge in [0.1, 0.15) is 5.75 Å². The van der Waals surface area contributed by atoms with Gasteiger partial charge in [-0.15, -0.1) is 5.92 Å². The van der Waals surface area contributed by atoms with Gasteiger partial charge >= 0.3 is 0 Å². The molecule has 5 atom stereocenters. The summed E-state index contributed by atoms with van der Waals surface area (Å²) in [5, 5.41) is 20.7. The number of rotatable bonds is 0. The minimum Gasteiger partial charge on any atom is -0.507 e. The average Bonchev–Trinajstić information content (AvgIpc) is 2.84. The second-order valence-corrected chi connectivity index (χ2v) is 8.00. The van der Waals surface area contributed by atoms with Crippen LogP contribution >= 0.6 is 0 Å². The molecular weight excluding hydrogens is 284 g/mol. The minimum atomic E-state index is -0.115. The second kappa shape index (κ2) is 5.28. The van der Waals surface area contributed by atoms with E-state index >= 15 is 0 Å². The third-order valence-electron chi connectivity index (χ3n) is 7.05. The zero-order valence-corrected chi connectivity index (χ0v) is 14.1.